The van der Waals surface area contributed by atoms with Gasteiger partial charge in [0.25, 0.3) is 0 Å². The van der Waals surface area contributed by atoms with Crippen LogP contribution in [0.2, 0.25) is 0 Å². The molecule has 0 radical (unpaired) electrons. The Kier molecular flexibility index (Phi) is 11.4. The maximum atomic E-state index is 6.60. The first-order chi connectivity index (χ1) is 24.2. The van der Waals surface area contributed by atoms with Crippen LogP contribution in [0.4, 0.5) is 0 Å². The van der Waals surface area contributed by atoms with Crippen molar-refractivity contribution in [2.75, 3.05) is 13.2 Å². The van der Waals surface area contributed by atoms with Gasteiger partial charge in [-0.1, -0.05) is 87.4 Å². The Bertz CT molecular complexity index is 1700. The molecule has 7 heteroatoms. The number of hydrogen-bond acceptors (Lipinski definition) is 6. The molecule has 264 valence electrons. The first-order valence-electron chi connectivity index (χ1n) is 18.5. The molecule has 1 saturated heterocycles. The summed E-state index contributed by atoms with van der Waals surface area (Å²) in [6.07, 6.45) is 7.17. The Morgan fingerprint density at radius 3 is 2.04 bits per heavy atom. The molecule has 2 aliphatic rings. The van der Waals surface area contributed by atoms with Gasteiger partial charge in [0.2, 0.25) is 0 Å². The van der Waals surface area contributed by atoms with Crippen LogP contribution in [0.5, 0.6) is 28.7 Å². The van der Waals surface area contributed by atoms with Crippen LogP contribution in [0.3, 0.4) is 0 Å². The minimum Gasteiger partial charge on any atom is -0.493 e. The van der Waals surface area contributed by atoms with Crippen molar-refractivity contribution in [1.82, 2.24) is 0 Å². The third-order valence-electron chi connectivity index (χ3n) is 10.4. The average molecular weight is 677 g/mol. The van der Waals surface area contributed by atoms with E-state index in [1.54, 1.807) is 0 Å². The lowest BCUT2D eigenvalue weighted by molar-refractivity contribution is 0.00578. The second-order valence-electron chi connectivity index (χ2n) is 14.5. The second-order valence-corrected chi connectivity index (χ2v) is 14.5. The van der Waals surface area contributed by atoms with Gasteiger partial charge in [-0.05, 0) is 94.2 Å². The Hall–Kier alpha value is -3.94. The van der Waals surface area contributed by atoms with E-state index in [0.29, 0.717) is 31.5 Å². The third kappa shape index (κ3) is 8.16. The minimum atomic E-state index is -0.540. The smallest absolute Gasteiger partial charge is 0.493 e. The molecule has 0 amide bonds. The molecule has 0 bridgehead atoms. The lowest BCUT2D eigenvalue weighted by Crippen LogP contribution is -2.41. The Labute approximate surface area is 299 Å². The average Bonchev–Trinajstić information content (AvgIpc) is 3.31. The Balaban J connectivity index is 1.13. The van der Waals surface area contributed by atoms with Crippen LogP contribution in [-0.4, -0.2) is 31.5 Å². The zero-order valence-electron chi connectivity index (χ0n) is 30.8. The molecule has 4 aromatic rings. The standard InChI is InChI=1S/C43H53BO6/c1-7-17-35-37(24-15-25-39(35)48-38-23-13-12-22-34(38)33-20-14-21-33)45-26-16-27-46-40-29-41(47-30-31-18-10-9-11-19-31)36(28-32(40)8-2)44-49-42(3,4)43(5,6)50-44/h9-13,15,18-19,22-25,28-29,33H,7-8,14,16-17,20-21,26-27,30H2,1-6H3. The number of benzene rings is 4. The van der Waals surface area contributed by atoms with Crippen LogP contribution in [-0.2, 0) is 28.8 Å². The van der Waals surface area contributed by atoms with E-state index in [0.717, 1.165) is 70.8 Å². The van der Waals surface area contributed by atoms with Crippen LogP contribution in [0.1, 0.15) is 102 Å². The van der Waals surface area contributed by atoms with Gasteiger partial charge in [-0.2, -0.15) is 0 Å². The SMILES string of the molecule is CCCc1c(OCCCOc2cc(OCc3ccccc3)c(B3OC(C)(C)C(C)(C)O3)cc2CC)cccc1Oc1ccccc1C1CCC1. The van der Waals surface area contributed by atoms with Gasteiger partial charge in [-0.25, -0.2) is 0 Å². The lowest BCUT2D eigenvalue weighted by atomic mass is 9.77. The minimum absolute atomic E-state index is 0.432. The molecule has 1 saturated carbocycles. The number of hydrogen-bond donors (Lipinski definition) is 0. The molecule has 1 aliphatic carbocycles. The van der Waals surface area contributed by atoms with Crippen molar-refractivity contribution < 1.29 is 28.3 Å². The summed E-state index contributed by atoms with van der Waals surface area (Å²) in [4.78, 5) is 0. The van der Waals surface area contributed by atoms with Crippen molar-refractivity contribution >= 4 is 12.6 Å². The van der Waals surface area contributed by atoms with Crippen molar-refractivity contribution in [3.8, 4) is 28.7 Å². The van der Waals surface area contributed by atoms with E-state index >= 15 is 0 Å². The summed E-state index contributed by atoms with van der Waals surface area (Å²) in [5, 5.41) is 0. The lowest BCUT2D eigenvalue weighted by Gasteiger charge is -2.32. The van der Waals surface area contributed by atoms with Crippen molar-refractivity contribution in [3.05, 3.63) is 107 Å². The highest BCUT2D eigenvalue weighted by molar-refractivity contribution is 6.63. The molecule has 2 fully saturated rings. The third-order valence-corrected chi connectivity index (χ3v) is 10.4. The fraction of sp³-hybridized carbons (Fsp3) is 0.442. The molecule has 0 aromatic heterocycles. The number of ether oxygens (including phenoxy) is 4. The maximum absolute atomic E-state index is 6.60. The maximum Gasteiger partial charge on any atom is 0.498 e. The predicted octanol–water partition coefficient (Wildman–Crippen LogP) is 9.99. The van der Waals surface area contributed by atoms with Crippen LogP contribution < -0.4 is 24.4 Å². The fourth-order valence-electron chi connectivity index (χ4n) is 6.49. The molecule has 0 N–H and O–H groups in total. The number of para-hydroxylation sites is 1. The van der Waals surface area contributed by atoms with E-state index in [9.17, 15) is 0 Å². The van der Waals surface area contributed by atoms with Crippen molar-refractivity contribution in [3.63, 3.8) is 0 Å². The van der Waals surface area contributed by atoms with Gasteiger partial charge in [0.1, 0.15) is 35.4 Å². The van der Waals surface area contributed by atoms with Gasteiger partial charge < -0.3 is 28.3 Å². The Morgan fingerprint density at radius 2 is 1.36 bits per heavy atom. The summed E-state index contributed by atoms with van der Waals surface area (Å²) >= 11 is 0. The van der Waals surface area contributed by atoms with Crippen molar-refractivity contribution in [2.45, 2.75) is 110 Å². The monoisotopic (exact) mass is 676 g/mol. The highest BCUT2D eigenvalue weighted by Crippen LogP contribution is 2.43. The van der Waals surface area contributed by atoms with Gasteiger partial charge in [-0.15, -0.1) is 0 Å². The molecule has 50 heavy (non-hydrogen) atoms. The molecule has 0 spiro atoms. The van der Waals surface area contributed by atoms with Crippen LogP contribution in [0.15, 0.2) is 84.9 Å². The van der Waals surface area contributed by atoms with E-state index < -0.39 is 18.3 Å². The normalized spacial score (nSPS) is 16.6. The fourth-order valence-corrected chi connectivity index (χ4v) is 6.49. The summed E-state index contributed by atoms with van der Waals surface area (Å²) in [5.41, 5.74) is 4.57. The van der Waals surface area contributed by atoms with Crippen LogP contribution >= 0.6 is 0 Å². The van der Waals surface area contributed by atoms with Gasteiger partial charge in [0.05, 0.1) is 24.4 Å². The van der Waals surface area contributed by atoms with Crippen LogP contribution in [0, 0.1) is 0 Å². The molecular formula is C43H53BO6. The largest absolute Gasteiger partial charge is 0.498 e. The van der Waals surface area contributed by atoms with Crippen LogP contribution in [0.25, 0.3) is 0 Å². The van der Waals surface area contributed by atoms with Gasteiger partial charge in [-0.3, -0.25) is 0 Å². The summed E-state index contributed by atoms with van der Waals surface area (Å²) in [6.45, 7) is 14.1. The zero-order valence-corrected chi connectivity index (χ0v) is 30.8. The van der Waals surface area contributed by atoms with Gasteiger partial charge >= 0.3 is 7.12 Å². The first-order valence-corrected chi connectivity index (χ1v) is 18.5. The molecule has 1 aliphatic heterocycles. The molecule has 0 unspecified atom stereocenters. The predicted molar refractivity (Wildman–Crippen MR) is 201 cm³/mol. The first kappa shape index (κ1) is 35.9. The van der Waals surface area contributed by atoms with Crippen molar-refractivity contribution in [2.24, 2.45) is 0 Å². The molecule has 6 nitrogen and oxygen atoms in total. The second kappa shape index (κ2) is 16.0. The Morgan fingerprint density at radius 1 is 0.700 bits per heavy atom. The number of rotatable bonds is 16. The van der Waals surface area contributed by atoms with Crippen molar-refractivity contribution in [1.29, 1.82) is 0 Å². The zero-order chi connectivity index (χ0) is 35.1. The van der Waals surface area contributed by atoms with E-state index in [4.69, 9.17) is 28.3 Å². The summed E-state index contributed by atoms with van der Waals surface area (Å²) in [6, 6.07) is 28.9. The molecule has 0 atom stereocenters. The van der Waals surface area contributed by atoms with E-state index in [1.807, 2.05) is 30.3 Å². The molecule has 6 rings (SSSR count). The van der Waals surface area contributed by atoms with E-state index in [-0.39, 0.29) is 0 Å². The topological polar surface area (TPSA) is 55.4 Å². The van der Waals surface area contributed by atoms with Gasteiger partial charge in [0, 0.05) is 23.5 Å². The van der Waals surface area contributed by atoms with Gasteiger partial charge in [0.15, 0.2) is 0 Å². The van der Waals surface area contributed by atoms with E-state index in [1.165, 1.54) is 24.8 Å². The molecule has 4 aromatic carbocycles. The summed E-state index contributed by atoms with van der Waals surface area (Å²) in [5.74, 6) is 4.83. The quantitative estimate of drug-likeness (QED) is 0.0870. The highest BCUT2D eigenvalue weighted by Gasteiger charge is 2.52. The molecular weight excluding hydrogens is 623 g/mol. The summed E-state index contributed by atoms with van der Waals surface area (Å²) < 4.78 is 38.8. The van der Waals surface area contributed by atoms with E-state index in [2.05, 4.69) is 96.1 Å². The molecule has 1 heterocycles. The highest BCUT2D eigenvalue weighted by atomic mass is 16.7. The number of aryl methyl sites for hydroxylation is 1. The summed E-state index contributed by atoms with van der Waals surface area (Å²) in [7, 11) is -0.540.